The van der Waals surface area contributed by atoms with Gasteiger partial charge in [-0.1, -0.05) is 32.6 Å². The van der Waals surface area contributed by atoms with Crippen molar-refractivity contribution in [2.75, 3.05) is 32.7 Å². The van der Waals surface area contributed by atoms with Crippen molar-refractivity contribution in [2.45, 2.75) is 51.9 Å². The quantitative estimate of drug-likeness (QED) is 0.589. The molecule has 1 fully saturated rings. The van der Waals surface area contributed by atoms with Gasteiger partial charge in [-0.05, 0) is 32.4 Å². The first kappa shape index (κ1) is 15.3. The molecule has 1 aliphatic heterocycles. The van der Waals surface area contributed by atoms with Crippen molar-refractivity contribution < 1.29 is 4.79 Å². The van der Waals surface area contributed by atoms with Gasteiger partial charge in [-0.15, -0.1) is 0 Å². The van der Waals surface area contributed by atoms with E-state index in [0.717, 1.165) is 45.6 Å². The van der Waals surface area contributed by atoms with Crippen molar-refractivity contribution in [2.24, 2.45) is 0 Å². The number of urea groups is 1. The number of carbonyl (C=O) groups excluding carboxylic acids is 1. The van der Waals surface area contributed by atoms with Gasteiger partial charge in [-0.25, -0.2) is 4.79 Å². The summed E-state index contributed by atoms with van der Waals surface area (Å²) in [6.45, 7) is 7.03. The molecule has 0 saturated carbocycles. The van der Waals surface area contributed by atoms with Crippen LogP contribution >= 0.6 is 0 Å². The van der Waals surface area contributed by atoms with Crippen molar-refractivity contribution >= 4 is 6.03 Å². The maximum Gasteiger partial charge on any atom is 0.317 e. The first-order chi connectivity index (χ1) is 8.84. The molecule has 1 rings (SSSR count). The predicted octanol–water partition coefficient (Wildman–Crippen LogP) is 2.35. The van der Waals surface area contributed by atoms with E-state index >= 15 is 0 Å². The van der Waals surface area contributed by atoms with Gasteiger partial charge in [0.25, 0.3) is 0 Å². The average molecular weight is 255 g/mol. The third-order valence-corrected chi connectivity index (χ3v) is 3.41. The average Bonchev–Trinajstić information content (AvgIpc) is 2.39. The Balaban J connectivity index is 1.84. The van der Waals surface area contributed by atoms with Crippen LogP contribution in [0.1, 0.15) is 51.9 Å². The second-order valence-corrected chi connectivity index (χ2v) is 5.09. The van der Waals surface area contributed by atoms with Crippen LogP contribution in [0.3, 0.4) is 0 Å². The molecular weight excluding hydrogens is 226 g/mol. The SMILES string of the molecule is CCCCCCCNCCCN1CCCNC1=O. The maximum atomic E-state index is 11.5. The largest absolute Gasteiger partial charge is 0.338 e. The number of nitrogens with zero attached hydrogens (tertiary/aromatic N) is 1. The minimum atomic E-state index is 0.112. The number of nitrogens with one attached hydrogen (secondary N) is 2. The lowest BCUT2D eigenvalue weighted by Crippen LogP contribution is -2.47. The predicted molar refractivity (Wildman–Crippen MR) is 75.8 cm³/mol. The van der Waals surface area contributed by atoms with Crippen LogP contribution in [0.15, 0.2) is 0 Å². The summed E-state index contributed by atoms with van der Waals surface area (Å²) in [6, 6.07) is 0.112. The lowest BCUT2D eigenvalue weighted by Gasteiger charge is -2.27. The van der Waals surface area contributed by atoms with Gasteiger partial charge < -0.3 is 15.5 Å². The van der Waals surface area contributed by atoms with Crippen LogP contribution in [0.2, 0.25) is 0 Å². The van der Waals surface area contributed by atoms with E-state index in [9.17, 15) is 4.79 Å². The number of unbranched alkanes of at least 4 members (excludes halogenated alkanes) is 4. The summed E-state index contributed by atoms with van der Waals surface area (Å²) in [6.07, 6.45) is 8.81. The van der Waals surface area contributed by atoms with Gasteiger partial charge in [-0.2, -0.15) is 0 Å². The van der Waals surface area contributed by atoms with E-state index in [1.165, 1.54) is 32.1 Å². The second-order valence-electron chi connectivity index (χ2n) is 5.09. The first-order valence-electron chi connectivity index (χ1n) is 7.58. The van der Waals surface area contributed by atoms with E-state index in [0.29, 0.717) is 0 Å². The van der Waals surface area contributed by atoms with Crippen molar-refractivity contribution in [3.63, 3.8) is 0 Å². The summed E-state index contributed by atoms with van der Waals surface area (Å²) in [5.41, 5.74) is 0. The van der Waals surface area contributed by atoms with E-state index in [1.807, 2.05) is 4.90 Å². The fraction of sp³-hybridized carbons (Fsp3) is 0.929. The fourth-order valence-corrected chi connectivity index (χ4v) is 2.27. The van der Waals surface area contributed by atoms with Crippen LogP contribution < -0.4 is 10.6 Å². The molecule has 0 aromatic rings. The molecule has 1 aliphatic rings. The molecule has 18 heavy (non-hydrogen) atoms. The molecule has 2 N–H and O–H groups in total. The molecule has 0 aromatic heterocycles. The molecule has 0 radical (unpaired) electrons. The molecule has 0 bridgehead atoms. The molecule has 1 heterocycles. The zero-order valence-corrected chi connectivity index (χ0v) is 11.8. The summed E-state index contributed by atoms with van der Waals surface area (Å²) in [5, 5.41) is 6.34. The molecule has 0 aromatic carbocycles. The standard InChI is InChI=1S/C14H29N3O/c1-2-3-4-5-6-9-15-10-7-12-17-13-8-11-16-14(17)18/h15H,2-13H2,1H3,(H,16,18). The monoisotopic (exact) mass is 255 g/mol. The van der Waals surface area contributed by atoms with Crippen molar-refractivity contribution in [1.82, 2.24) is 15.5 Å². The van der Waals surface area contributed by atoms with E-state index in [4.69, 9.17) is 0 Å². The number of carbonyl (C=O) groups is 1. The van der Waals surface area contributed by atoms with Crippen LogP contribution in [0.4, 0.5) is 4.79 Å². The minimum absolute atomic E-state index is 0.112. The lowest BCUT2D eigenvalue weighted by molar-refractivity contribution is 0.185. The molecule has 0 aliphatic carbocycles. The summed E-state index contributed by atoms with van der Waals surface area (Å²) >= 11 is 0. The molecule has 4 nitrogen and oxygen atoms in total. The van der Waals surface area contributed by atoms with Gasteiger partial charge in [0.1, 0.15) is 0 Å². The Morgan fingerprint density at radius 2 is 1.94 bits per heavy atom. The van der Waals surface area contributed by atoms with Crippen molar-refractivity contribution in [1.29, 1.82) is 0 Å². The van der Waals surface area contributed by atoms with E-state index in [2.05, 4.69) is 17.6 Å². The lowest BCUT2D eigenvalue weighted by atomic mass is 10.1. The number of hydrogen-bond acceptors (Lipinski definition) is 2. The van der Waals surface area contributed by atoms with Crippen LogP contribution in [0, 0.1) is 0 Å². The third-order valence-electron chi connectivity index (χ3n) is 3.41. The second kappa shape index (κ2) is 10.2. The highest BCUT2D eigenvalue weighted by Gasteiger charge is 2.15. The Morgan fingerprint density at radius 3 is 2.72 bits per heavy atom. The molecule has 2 amide bonds. The molecule has 0 unspecified atom stereocenters. The van der Waals surface area contributed by atoms with Crippen molar-refractivity contribution in [3.05, 3.63) is 0 Å². The Labute approximate surface area is 111 Å². The van der Waals surface area contributed by atoms with Gasteiger partial charge >= 0.3 is 6.03 Å². The van der Waals surface area contributed by atoms with E-state index < -0.39 is 0 Å². The number of rotatable bonds is 10. The minimum Gasteiger partial charge on any atom is -0.338 e. The first-order valence-corrected chi connectivity index (χ1v) is 7.58. The van der Waals surface area contributed by atoms with Gasteiger partial charge in [0, 0.05) is 19.6 Å². The van der Waals surface area contributed by atoms with E-state index in [1.54, 1.807) is 0 Å². The molecule has 0 spiro atoms. The fourth-order valence-electron chi connectivity index (χ4n) is 2.27. The highest BCUT2D eigenvalue weighted by Crippen LogP contribution is 2.02. The molecule has 1 saturated heterocycles. The number of amides is 2. The number of hydrogen-bond donors (Lipinski definition) is 2. The van der Waals surface area contributed by atoms with Gasteiger partial charge in [-0.3, -0.25) is 0 Å². The summed E-state index contributed by atoms with van der Waals surface area (Å²) in [5.74, 6) is 0. The highest BCUT2D eigenvalue weighted by atomic mass is 16.2. The smallest absolute Gasteiger partial charge is 0.317 e. The van der Waals surface area contributed by atoms with Crippen LogP contribution in [-0.2, 0) is 0 Å². The zero-order chi connectivity index (χ0) is 13.1. The van der Waals surface area contributed by atoms with Crippen LogP contribution in [0.25, 0.3) is 0 Å². The Morgan fingerprint density at radius 1 is 1.17 bits per heavy atom. The Hall–Kier alpha value is -0.770. The molecule has 0 atom stereocenters. The normalized spacial score (nSPS) is 15.8. The summed E-state index contributed by atoms with van der Waals surface area (Å²) in [7, 11) is 0. The molecule has 106 valence electrons. The van der Waals surface area contributed by atoms with Crippen LogP contribution in [-0.4, -0.2) is 43.7 Å². The van der Waals surface area contributed by atoms with Gasteiger partial charge in [0.2, 0.25) is 0 Å². The van der Waals surface area contributed by atoms with Gasteiger partial charge in [0.05, 0.1) is 0 Å². The Bertz CT molecular complexity index is 221. The Kier molecular flexibility index (Phi) is 8.65. The maximum absolute atomic E-state index is 11.5. The van der Waals surface area contributed by atoms with Gasteiger partial charge in [0.15, 0.2) is 0 Å². The molecule has 4 heteroatoms. The van der Waals surface area contributed by atoms with Crippen LogP contribution in [0.5, 0.6) is 0 Å². The highest BCUT2D eigenvalue weighted by molar-refractivity contribution is 5.74. The third kappa shape index (κ3) is 6.84. The molecular formula is C14H29N3O. The topological polar surface area (TPSA) is 44.4 Å². The van der Waals surface area contributed by atoms with E-state index in [-0.39, 0.29) is 6.03 Å². The summed E-state index contributed by atoms with van der Waals surface area (Å²) in [4.78, 5) is 13.4. The zero-order valence-electron chi connectivity index (χ0n) is 11.8. The van der Waals surface area contributed by atoms with Crippen molar-refractivity contribution in [3.8, 4) is 0 Å². The summed E-state index contributed by atoms with van der Waals surface area (Å²) < 4.78 is 0.